The Kier molecular flexibility index (Phi) is 6.24. The monoisotopic (exact) mass is 390 g/mol. The van der Waals surface area contributed by atoms with Gasteiger partial charge in [0.2, 0.25) is 5.91 Å². The SMILES string of the molecule is COc1cc(NCC(=O)N2CCN(c3ccccn3)CC2)c(OC)cc1Cl. The minimum atomic E-state index is 0.0339. The molecule has 1 amide bonds. The van der Waals surface area contributed by atoms with Crippen LogP contribution in [-0.2, 0) is 4.79 Å². The molecule has 1 N–H and O–H groups in total. The van der Waals surface area contributed by atoms with Crippen LogP contribution < -0.4 is 19.7 Å². The van der Waals surface area contributed by atoms with Gasteiger partial charge < -0.3 is 24.6 Å². The third-order valence-corrected chi connectivity index (χ3v) is 4.81. The van der Waals surface area contributed by atoms with Gasteiger partial charge in [0.1, 0.15) is 17.3 Å². The summed E-state index contributed by atoms with van der Waals surface area (Å²) in [6.07, 6.45) is 1.78. The summed E-state index contributed by atoms with van der Waals surface area (Å²) >= 11 is 6.11. The molecule has 7 nitrogen and oxygen atoms in total. The summed E-state index contributed by atoms with van der Waals surface area (Å²) in [5.41, 5.74) is 0.666. The van der Waals surface area contributed by atoms with Crippen molar-refractivity contribution in [1.82, 2.24) is 9.88 Å². The fourth-order valence-electron chi connectivity index (χ4n) is 3.01. The molecule has 0 saturated carbocycles. The normalized spacial score (nSPS) is 14.0. The Morgan fingerprint density at radius 1 is 1.15 bits per heavy atom. The molecule has 0 unspecified atom stereocenters. The average Bonchev–Trinajstić information content (AvgIpc) is 2.73. The summed E-state index contributed by atoms with van der Waals surface area (Å²) < 4.78 is 10.6. The van der Waals surface area contributed by atoms with Crippen LogP contribution in [-0.4, -0.2) is 62.7 Å². The van der Waals surface area contributed by atoms with Crippen LogP contribution in [0.15, 0.2) is 36.5 Å². The lowest BCUT2D eigenvalue weighted by atomic mass is 10.2. The van der Waals surface area contributed by atoms with Crippen LogP contribution in [0.1, 0.15) is 0 Å². The number of hydrogen-bond acceptors (Lipinski definition) is 6. The minimum Gasteiger partial charge on any atom is -0.495 e. The molecule has 1 saturated heterocycles. The first-order chi connectivity index (χ1) is 13.1. The fraction of sp³-hybridized carbons (Fsp3) is 0.368. The second-order valence-electron chi connectivity index (χ2n) is 6.10. The molecule has 1 fully saturated rings. The van der Waals surface area contributed by atoms with Crippen molar-refractivity contribution in [2.45, 2.75) is 0 Å². The number of amides is 1. The zero-order valence-electron chi connectivity index (χ0n) is 15.4. The van der Waals surface area contributed by atoms with Crippen molar-refractivity contribution in [2.75, 3.05) is 57.2 Å². The molecule has 3 rings (SSSR count). The van der Waals surface area contributed by atoms with Crippen LogP contribution in [0.25, 0.3) is 0 Å². The number of carbonyl (C=O) groups is 1. The Hall–Kier alpha value is -2.67. The van der Waals surface area contributed by atoms with Crippen molar-refractivity contribution in [3.63, 3.8) is 0 Å². The summed E-state index contributed by atoms with van der Waals surface area (Å²) in [4.78, 5) is 21.0. The maximum atomic E-state index is 12.6. The van der Waals surface area contributed by atoms with Crippen molar-refractivity contribution in [3.05, 3.63) is 41.6 Å². The smallest absolute Gasteiger partial charge is 0.241 e. The summed E-state index contributed by atoms with van der Waals surface area (Å²) in [6.45, 7) is 3.03. The van der Waals surface area contributed by atoms with E-state index in [1.807, 2.05) is 23.1 Å². The molecule has 0 bridgehead atoms. The lowest BCUT2D eigenvalue weighted by Gasteiger charge is -2.35. The number of hydrogen-bond donors (Lipinski definition) is 1. The summed E-state index contributed by atoms with van der Waals surface area (Å²) in [5, 5.41) is 3.58. The number of anilines is 2. The van der Waals surface area contributed by atoms with Crippen LogP contribution >= 0.6 is 11.6 Å². The fourth-order valence-corrected chi connectivity index (χ4v) is 3.24. The Balaban J connectivity index is 1.56. The first-order valence-corrected chi connectivity index (χ1v) is 9.09. The predicted octanol–water partition coefficient (Wildman–Crippen LogP) is 2.51. The van der Waals surface area contributed by atoms with Crippen molar-refractivity contribution in [1.29, 1.82) is 0 Å². The molecule has 1 aromatic heterocycles. The number of nitrogens with one attached hydrogen (secondary N) is 1. The van der Waals surface area contributed by atoms with Crippen LogP contribution in [0.2, 0.25) is 5.02 Å². The molecule has 1 aromatic carbocycles. The van der Waals surface area contributed by atoms with Gasteiger partial charge in [0.05, 0.1) is 31.5 Å². The Morgan fingerprint density at radius 3 is 2.52 bits per heavy atom. The van der Waals surface area contributed by atoms with Crippen molar-refractivity contribution in [2.24, 2.45) is 0 Å². The summed E-state index contributed by atoms with van der Waals surface area (Å²) in [6, 6.07) is 9.25. The highest BCUT2D eigenvalue weighted by atomic mass is 35.5. The van der Waals surface area contributed by atoms with Crippen LogP contribution in [0.5, 0.6) is 11.5 Å². The number of benzene rings is 1. The minimum absolute atomic E-state index is 0.0339. The quantitative estimate of drug-likeness (QED) is 0.817. The number of halogens is 1. The number of piperazine rings is 1. The number of aromatic nitrogens is 1. The topological polar surface area (TPSA) is 66.9 Å². The zero-order valence-corrected chi connectivity index (χ0v) is 16.2. The van der Waals surface area contributed by atoms with Crippen molar-refractivity contribution < 1.29 is 14.3 Å². The van der Waals surface area contributed by atoms with Gasteiger partial charge in [-0.05, 0) is 12.1 Å². The highest BCUT2D eigenvalue weighted by Gasteiger charge is 2.22. The second kappa shape index (κ2) is 8.81. The van der Waals surface area contributed by atoms with E-state index in [-0.39, 0.29) is 12.5 Å². The van der Waals surface area contributed by atoms with E-state index in [0.29, 0.717) is 35.3 Å². The number of methoxy groups -OCH3 is 2. The summed E-state index contributed by atoms with van der Waals surface area (Å²) in [5.74, 6) is 2.07. The number of rotatable bonds is 6. The second-order valence-corrected chi connectivity index (χ2v) is 6.50. The molecule has 0 radical (unpaired) electrons. The predicted molar refractivity (Wildman–Crippen MR) is 106 cm³/mol. The Bertz CT molecular complexity index is 780. The third-order valence-electron chi connectivity index (χ3n) is 4.51. The van der Waals surface area contributed by atoms with Gasteiger partial charge in [-0.25, -0.2) is 4.98 Å². The molecule has 2 heterocycles. The molecule has 0 spiro atoms. The van der Waals surface area contributed by atoms with E-state index < -0.39 is 0 Å². The first-order valence-electron chi connectivity index (χ1n) is 8.71. The lowest BCUT2D eigenvalue weighted by Crippen LogP contribution is -2.50. The maximum absolute atomic E-state index is 12.6. The molecule has 8 heteroatoms. The maximum Gasteiger partial charge on any atom is 0.241 e. The number of ether oxygens (including phenoxy) is 2. The van der Waals surface area contributed by atoms with Gasteiger partial charge in [-0.2, -0.15) is 0 Å². The lowest BCUT2D eigenvalue weighted by molar-refractivity contribution is -0.129. The van der Waals surface area contributed by atoms with E-state index >= 15 is 0 Å². The molecule has 1 aliphatic heterocycles. The van der Waals surface area contributed by atoms with Gasteiger partial charge in [0.15, 0.2) is 0 Å². The molecule has 27 heavy (non-hydrogen) atoms. The molecule has 144 valence electrons. The number of nitrogens with zero attached hydrogens (tertiary/aromatic N) is 3. The largest absolute Gasteiger partial charge is 0.495 e. The van der Waals surface area contributed by atoms with Gasteiger partial charge in [-0.3, -0.25) is 4.79 Å². The van der Waals surface area contributed by atoms with E-state index in [1.165, 1.54) is 0 Å². The van der Waals surface area contributed by atoms with Gasteiger partial charge in [0, 0.05) is 44.5 Å². The van der Waals surface area contributed by atoms with E-state index in [1.54, 1.807) is 32.5 Å². The van der Waals surface area contributed by atoms with E-state index in [9.17, 15) is 4.79 Å². The molecular formula is C19H23ClN4O3. The third kappa shape index (κ3) is 4.54. The van der Waals surface area contributed by atoms with E-state index in [4.69, 9.17) is 21.1 Å². The van der Waals surface area contributed by atoms with Crippen LogP contribution in [0, 0.1) is 0 Å². The Morgan fingerprint density at radius 2 is 1.89 bits per heavy atom. The number of carbonyl (C=O) groups excluding carboxylic acids is 1. The molecule has 2 aromatic rings. The van der Waals surface area contributed by atoms with Gasteiger partial charge >= 0.3 is 0 Å². The molecule has 0 aliphatic carbocycles. The van der Waals surface area contributed by atoms with Crippen molar-refractivity contribution >= 4 is 29.0 Å². The van der Waals surface area contributed by atoms with Crippen LogP contribution in [0.3, 0.4) is 0 Å². The highest BCUT2D eigenvalue weighted by molar-refractivity contribution is 6.32. The van der Waals surface area contributed by atoms with Gasteiger partial charge in [-0.15, -0.1) is 0 Å². The standard InChI is InChI=1S/C19H23ClN4O3/c1-26-16-12-15(17(27-2)11-14(16)20)22-13-19(25)24-9-7-23(8-10-24)18-5-3-4-6-21-18/h3-6,11-12,22H,7-10,13H2,1-2H3. The van der Waals surface area contributed by atoms with Crippen LogP contribution in [0.4, 0.5) is 11.5 Å². The van der Waals surface area contributed by atoms with Gasteiger partial charge in [-0.1, -0.05) is 17.7 Å². The molecular weight excluding hydrogens is 368 g/mol. The molecule has 0 atom stereocenters. The van der Waals surface area contributed by atoms with E-state index in [0.717, 1.165) is 18.9 Å². The van der Waals surface area contributed by atoms with E-state index in [2.05, 4.69) is 15.2 Å². The van der Waals surface area contributed by atoms with Crippen molar-refractivity contribution in [3.8, 4) is 11.5 Å². The average molecular weight is 391 g/mol. The molecule has 1 aliphatic rings. The van der Waals surface area contributed by atoms with Gasteiger partial charge in [0.25, 0.3) is 0 Å². The summed E-state index contributed by atoms with van der Waals surface area (Å²) in [7, 11) is 3.10. The highest BCUT2D eigenvalue weighted by Crippen LogP contribution is 2.35. The first kappa shape index (κ1) is 19.1. The zero-order chi connectivity index (χ0) is 19.2. The Labute approximate surface area is 163 Å². The number of pyridine rings is 1.